The minimum absolute atomic E-state index is 0.0946. The highest BCUT2D eigenvalue weighted by Crippen LogP contribution is 2.17. The van der Waals surface area contributed by atoms with Crippen molar-refractivity contribution in [2.75, 3.05) is 26.9 Å². The molecule has 4 heteroatoms. The molecule has 2 N–H and O–H groups in total. The third-order valence-electron chi connectivity index (χ3n) is 4.83. The van der Waals surface area contributed by atoms with Crippen LogP contribution in [0.3, 0.4) is 0 Å². The Bertz CT molecular complexity index is 473. The highest BCUT2D eigenvalue weighted by atomic mass is 16.5. The molecule has 2 atom stereocenters. The van der Waals surface area contributed by atoms with Gasteiger partial charge in [-0.3, -0.25) is 0 Å². The van der Waals surface area contributed by atoms with Crippen molar-refractivity contribution in [2.45, 2.75) is 71.4 Å². The monoisotopic (exact) mass is 365 g/mol. The summed E-state index contributed by atoms with van der Waals surface area (Å²) in [5.74, 6) is 1.48. The zero-order valence-corrected chi connectivity index (χ0v) is 17.4. The van der Waals surface area contributed by atoms with Crippen LogP contribution in [-0.2, 0) is 11.2 Å². The summed E-state index contributed by atoms with van der Waals surface area (Å²) in [5.41, 5.74) is 1.15. The molecular weight excluding hydrogens is 326 g/mol. The smallest absolute Gasteiger partial charge is 0.118 e. The van der Waals surface area contributed by atoms with Crippen LogP contribution in [0, 0.1) is 5.92 Å². The summed E-state index contributed by atoms with van der Waals surface area (Å²) in [4.78, 5) is 0. The molecule has 0 fully saturated rings. The van der Waals surface area contributed by atoms with Crippen molar-refractivity contribution in [3.05, 3.63) is 29.8 Å². The third kappa shape index (κ3) is 9.56. The van der Waals surface area contributed by atoms with E-state index >= 15 is 0 Å². The number of methoxy groups -OCH3 is 1. The molecule has 4 nitrogen and oxygen atoms in total. The summed E-state index contributed by atoms with van der Waals surface area (Å²) in [6.45, 7) is 10.4. The number of unbranched alkanes of at least 4 members (excludes halogenated alkanes) is 1. The summed E-state index contributed by atoms with van der Waals surface area (Å²) in [5, 5.41) is 13.7. The maximum Gasteiger partial charge on any atom is 0.118 e. The van der Waals surface area contributed by atoms with Gasteiger partial charge in [0.1, 0.15) is 5.75 Å². The lowest BCUT2D eigenvalue weighted by atomic mass is 9.94. The molecule has 0 bridgehead atoms. The third-order valence-corrected chi connectivity index (χ3v) is 4.83. The zero-order chi connectivity index (χ0) is 19.4. The summed E-state index contributed by atoms with van der Waals surface area (Å²) in [7, 11) is 1.68. The number of β-amino-alcohol motifs (C(OH)–C–C–N with tert-alkyl or cyclic N) is 1. The minimum atomic E-state index is -0.478. The lowest BCUT2D eigenvalue weighted by molar-refractivity contribution is 0.0167. The number of rotatable bonds is 14. The van der Waals surface area contributed by atoms with Crippen molar-refractivity contribution >= 4 is 0 Å². The molecule has 0 heterocycles. The number of nitrogens with one attached hydrogen (secondary N) is 1. The summed E-state index contributed by atoms with van der Waals surface area (Å²) in [6.07, 6.45) is 5.26. The van der Waals surface area contributed by atoms with Gasteiger partial charge in [0.25, 0.3) is 0 Å². The standard InChI is InChI=1S/C22H39NO3/c1-6-8-9-18(7-2)16-26-17-20(24)15-23-22(3,4)14-19-10-12-21(25-5)13-11-19/h10-13,18,20,23-24H,6-9,14-17H2,1-5H3. The van der Waals surface area contributed by atoms with E-state index in [9.17, 15) is 5.11 Å². The van der Waals surface area contributed by atoms with Crippen LogP contribution in [0.25, 0.3) is 0 Å². The molecule has 0 aromatic heterocycles. The van der Waals surface area contributed by atoms with Crippen molar-refractivity contribution in [2.24, 2.45) is 5.92 Å². The van der Waals surface area contributed by atoms with Gasteiger partial charge in [0.15, 0.2) is 0 Å². The molecule has 2 unspecified atom stereocenters. The average molecular weight is 366 g/mol. The van der Waals surface area contributed by atoms with Gasteiger partial charge in [0.2, 0.25) is 0 Å². The van der Waals surface area contributed by atoms with E-state index in [0.717, 1.165) is 25.2 Å². The van der Waals surface area contributed by atoms with E-state index in [4.69, 9.17) is 9.47 Å². The Kier molecular flexibility index (Phi) is 10.9. The fraction of sp³-hybridized carbons (Fsp3) is 0.727. The molecule has 0 spiro atoms. The van der Waals surface area contributed by atoms with Gasteiger partial charge >= 0.3 is 0 Å². The van der Waals surface area contributed by atoms with E-state index in [1.165, 1.54) is 24.8 Å². The first kappa shape index (κ1) is 22.9. The second kappa shape index (κ2) is 12.3. The molecule has 0 aliphatic carbocycles. The number of benzene rings is 1. The number of aliphatic hydroxyl groups is 1. The molecule has 0 aliphatic heterocycles. The van der Waals surface area contributed by atoms with Gasteiger partial charge in [-0.2, -0.15) is 0 Å². The molecule has 0 saturated carbocycles. The molecule has 1 aromatic carbocycles. The molecule has 0 radical (unpaired) electrons. The Morgan fingerprint density at radius 2 is 1.81 bits per heavy atom. The lowest BCUT2D eigenvalue weighted by Gasteiger charge is -2.28. The predicted octanol–water partition coefficient (Wildman–Crippen LogP) is 4.20. The Morgan fingerprint density at radius 3 is 2.38 bits per heavy atom. The van der Waals surface area contributed by atoms with Crippen LogP contribution in [0.4, 0.5) is 0 Å². The van der Waals surface area contributed by atoms with E-state index in [1.807, 2.05) is 12.1 Å². The first-order chi connectivity index (χ1) is 12.4. The molecule has 1 aromatic rings. The van der Waals surface area contributed by atoms with E-state index in [2.05, 4.69) is 45.1 Å². The van der Waals surface area contributed by atoms with Gasteiger partial charge in [-0.15, -0.1) is 0 Å². The van der Waals surface area contributed by atoms with Gasteiger partial charge in [-0.05, 0) is 50.3 Å². The maximum absolute atomic E-state index is 10.2. The van der Waals surface area contributed by atoms with Crippen molar-refractivity contribution < 1.29 is 14.6 Å². The maximum atomic E-state index is 10.2. The van der Waals surface area contributed by atoms with E-state index in [-0.39, 0.29) is 5.54 Å². The van der Waals surface area contributed by atoms with Gasteiger partial charge in [-0.1, -0.05) is 45.2 Å². The van der Waals surface area contributed by atoms with E-state index in [0.29, 0.717) is 19.1 Å². The van der Waals surface area contributed by atoms with Crippen molar-refractivity contribution in [1.29, 1.82) is 0 Å². The number of hydrogen-bond donors (Lipinski definition) is 2. The van der Waals surface area contributed by atoms with Crippen LogP contribution in [0.1, 0.15) is 58.9 Å². The molecule has 150 valence electrons. The SMILES string of the molecule is CCCCC(CC)COCC(O)CNC(C)(C)Cc1ccc(OC)cc1. The normalized spacial score (nSPS) is 14.2. The van der Waals surface area contributed by atoms with Crippen LogP contribution in [0.2, 0.25) is 0 Å². The van der Waals surface area contributed by atoms with Crippen molar-refractivity contribution in [3.8, 4) is 5.75 Å². The first-order valence-electron chi connectivity index (χ1n) is 10.0. The van der Waals surface area contributed by atoms with Gasteiger partial charge in [-0.25, -0.2) is 0 Å². The quantitative estimate of drug-likeness (QED) is 0.519. The second-order valence-corrected chi connectivity index (χ2v) is 7.90. The molecular formula is C22H39NO3. The largest absolute Gasteiger partial charge is 0.497 e. The number of hydrogen-bond acceptors (Lipinski definition) is 4. The minimum Gasteiger partial charge on any atom is -0.497 e. The fourth-order valence-corrected chi connectivity index (χ4v) is 3.04. The molecule has 0 amide bonds. The molecule has 0 aliphatic rings. The molecule has 26 heavy (non-hydrogen) atoms. The Balaban J connectivity index is 2.29. The second-order valence-electron chi connectivity index (χ2n) is 7.90. The molecule has 0 saturated heterocycles. The van der Waals surface area contributed by atoms with Gasteiger partial charge in [0.05, 0.1) is 19.8 Å². The predicted molar refractivity (Wildman–Crippen MR) is 109 cm³/mol. The van der Waals surface area contributed by atoms with Crippen LogP contribution in [0.5, 0.6) is 5.75 Å². The molecule has 1 rings (SSSR count). The number of aliphatic hydroxyl groups excluding tert-OH is 1. The van der Waals surface area contributed by atoms with Crippen molar-refractivity contribution in [1.82, 2.24) is 5.32 Å². The fourth-order valence-electron chi connectivity index (χ4n) is 3.04. The van der Waals surface area contributed by atoms with Crippen LogP contribution in [0.15, 0.2) is 24.3 Å². The topological polar surface area (TPSA) is 50.7 Å². The average Bonchev–Trinajstić information content (AvgIpc) is 2.63. The van der Waals surface area contributed by atoms with Crippen molar-refractivity contribution in [3.63, 3.8) is 0 Å². The van der Waals surface area contributed by atoms with Crippen LogP contribution >= 0.6 is 0 Å². The highest BCUT2D eigenvalue weighted by Gasteiger charge is 2.19. The van der Waals surface area contributed by atoms with Gasteiger partial charge in [0, 0.05) is 18.7 Å². The first-order valence-corrected chi connectivity index (χ1v) is 10.0. The Labute approximate surface area is 160 Å². The highest BCUT2D eigenvalue weighted by molar-refractivity contribution is 5.28. The zero-order valence-electron chi connectivity index (χ0n) is 17.4. The Hall–Kier alpha value is -1.10. The van der Waals surface area contributed by atoms with E-state index in [1.54, 1.807) is 7.11 Å². The van der Waals surface area contributed by atoms with Gasteiger partial charge < -0.3 is 19.9 Å². The lowest BCUT2D eigenvalue weighted by Crippen LogP contribution is -2.46. The summed E-state index contributed by atoms with van der Waals surface area (Å²) < 4.78 is 11.0. The Morgan fingerprint density at radius 1 is 1.12 bits per heavy atom. The number of ether oxygens (including phenoxy) is 2. The summed E-state index contributed by atoms with van der Waals surface area (Å²) >= 11 is 0. The summed E-state index contributed by atoms with van der Waals surface area (Å²) in [6, 6.07) is 8.14. The van der Waals surface area contributed by atoms with Crippen LogP contribution in [-0.4, -0.2) is 43.6 Å². The van der Waals surface area contributed by atoms with E-state index < -0.39 is 6.10 Å². The van der Waals surface area contributed by atoms with Crippen LogP contribution < -0.4 is 10.1 Å².